The summed E-state index contributed by atoms with van der Waals surface area (Å²) >= 11 is 0. The summed E-state index contributed by atoms with van der Waals surface area (Å²) in [6.07, 6.45) is 0.462. The Hall–Kier alpha value is -4.20. The third kappa shape index (κ3) is 5.01. The number of carbonyl (C=O) groups is 2. The van der Waals surface area contributed by atoms with Gasteiger partial charge in [0.15, 0.2) is 0 Å². The van der Waals surface area contributed by atoms with Crippen LogP contribution in [0.15, 0.2) is 77.9 Å². The Morgan fingerprint density at radius 1 is 1.00 bits per heavy atom. The molecule has 7 nitrogen and oxygen atoms in total. The smallest absolute Gasteiger partial charge is 0.262 e. The quantitative estimate of drug-likeness (QED) is 0.511. The molecule has 0 saturated carbocycles. The van der Waals surface area contributed by atoms with E-state index in [9.17, 15) is 14.0 Å². The summed E-state index contributed by atoms with van der Waals surface area (Å²) in [4.78, 5) is 27.4. The molecular weight excluding hydrogens is 449 g/mol. The van der Waals surface area contributed by atoms with Crippen molar-refractivity contribution in [3.63, 3.8) is 0 Å². The molecule has 0 radical (unpaired) electrons. The van der Waals surface area contributed by atoms with Gasteiger partial charge in [0, 0.05) is 19.0 Å². The molecule has 1 heterocycles. The van der Waals surface area contributed by atoms with Crippen molar-refractivity contribution in [2.75, 3.05) is 27.8 Å². The number of amides is 2. The van der Waals surface area contributed by atoms with Crippen LogP contribution < -0.4 is 9.47 Å². The van der Waals surface area contributed by atoms with Gasteiger partial charge in [-0.25, -0.2) is 9.40 Å². The van der Waals surface area contributed by atoms with Gasteiger partial charge in [-0.15, -0.1) is 0 Å². The topological polar surface area (TPSA) is 71.4 Å². The van der Waals surface area contributed by atoms with Gasteiger partial charge in [-0.1, -0.05) is 30.3 Å². The van der Waals surface area contributed by atoms with Gasteiger partial charge in [0.25, 0.3) is 11.8 Å². The van der Waals surface area contributed by atoms with Crippen molar-refractivity contribution in [1.29, 1.82) is 0 Å². The SMILES string of the molecule is COc1ccc(C2=NN(C(=O)CN(C)C(=O)c3ccccc3F)[C@H](c3ccccc3OC)C2)cc1. The minimum atomic E-state index is -0.635. The monoisotopic (exact) mass is 475 g/mol. The van der Waals surface area contributed by atoms with Crippen LogP contribution in [-0.4, -0.2) is 55.2 Å². The number of rotatable bonds is 7. The Morgan fingerprint density at radius 3 is 2.37 bits per heavy atom. The highest BCUT2D eigenvalue weighted by molar-refractivity contribution is 6.04. The molecule has 0 bridgehead atoms. The number of methoxy groups -OCH3 is 2. The third-order valence-electron chi connectivity index (χ3n) is 5.91. The van der Waals surface area contributed by atoms with E-state index in [1.54, 1.807) is 20.3 Å². The predicted octanol–water partition coefficient (Wildman–Crippen LogP) is 4.29. The van der Waals surface area contributed by atoms with Gasteiger partial charge in [-0.2, -0.15) is 5.10 Å². The second-order valence-electron chi connectivity index (χ2n) is 8.12. The van der Waals surface area contributed by atoms with Gasteiger partial charge in [-0.3, -0.25) is 9.59 Å². The number of nitrogens with zero attached hydrogens (tertiary/aromatic N) is 3. The predicted molar refractivity (Wildman–Crippen MR) is 130 cm³/mol. The first-order valence-electron chi connectivity index (χ1n) is 11.1. The van der Waals surface area contributed by atoms with E-state index in [-0.39, 0.29) is 12.1 Å². The number of hydrazone groups is 1. The maximum atomic E-state index is 14.1. The van der Waals surface area contributed by atoms with E-state index < -0.39 is 23.7 Å². The number of benzene rings is 3. The zero-order chi connectivity index (χ0) is 24.9. The van der Waals surface area contributed by atoms with Crippen molar-refractivity contribution in [3.8, 4) is 11.5 Å². The molecule has 1 aliphatic rings. The molecule has 1 aliphatic heterocycles. The summed E-state index contributed by atoms with van der Waals surface area (Å²) in [5, 5.41) is 6.03. The van der Waals surface area contributed by atoms with Gasteiger partial charge in [0.05, 0.1) is 31.5 Å². The maximum absolute atomic E-state index is 14.1. The summed E-state index contributed by atoms with van der Waals surface area (Å²) in [6.45, 7) is -0.266. The molecule has 0 spiro atoms. The van der Waals surface area contributed by atoms with Crippen molar-refractivity contribution < 1.29 is 23.5 Å². The zero-order valence-corrected chi connectivity index (χ0v) is 19.8. The van der Waals surface area contributed by atoms with Crippen LogP contribution in [0.5, 0.6) is 11.5 Å². The molecule has 0 aliphatic carbocycles. The number of hydrogen-bond donors (Lipinski definition) is 0. The molecule has 1 atom stereocenters. The highest BCUT2D eigenvalue weighted by Gasteiger charge is 2.35. The van der Waals surface area contributed by atoms with Crippen LogP contribution in [0.25, 0.3) is 0 Å². The van der Waals surface area contributed by atoms with Gasteiger partial charge in [0.2, 0.25) is 0 Å². The average Bonchev–Trinajstić information content (AvgIpc) is 3.34. The minimum Gasteiger partial charge on any atom is -0.497 e. The summed E-state index contributed by atoms with van der Waals surface area (Å²) in [7, 11) is 4.64. The maximum Gasteiger partial charge on any atom is 0.262 e. The van der Waals surface area contributed by atoms with Crippen LogP contribution >= 0.6 is 0 Å². The Balaban J connectivity index is 1.63. The fraction of sp³-hybridized carbons (Fsp3) is 0.222. The highest BCUT2D eigenvalue weighted by atomic mass is 19.1. The lowest BCUT2D eigenvalue weighted by atomic mass is 9.97. The lowest BCUT2D eigenvalue weighted by Crippen LogP contribution is -2.39. The molecule has 4 rings (SSSR count). The van der Waals surface area contributed by atoms with Crippen LogP contribution in [0.1, 0.15) is 33.9 Å². The molecule has 0 fully saturated rings. The van der Waals surface area contributed by atoms with Crippen LogP contribution in [0.2, 0.25) is 0 Å². The first-order valence-corrected chi connectivity index (χ1v) is 11.1. The molecular formula is C27H26FN3O4. The molecule has 0 aromatic heterocycles. The zero-order valence-electron chi connectivity index (χ0n) is 19.8. The normalized spacial score (nSPS) is 14.9. The molecule has 180 valence electrons. The average molecular weight is 476 g/mol. The van der Waals surface area contributed by atoms with E-state index in [2.05, 4.69) is 5.10 Å². The highest BCUT2D eigenvalue weighted by Crippen LogP contribution is 2.37. The van der Waals surface area contributed by atoms with Crippen molar-refractivity contribution in [2.24, 2.45) is 5.10 Å². The van der Waals surface area contributed by atoms with Crippen molar-refractivity contribution in [1.82, 2.24) is 9.91 Å². The third-order valence-corrected chi connectivity index (χ3v) is 5.91. The molecule has 35 heavy (non-hydrogen) atoms. The van der Waals surface area contributed by atoms with Gasteiger partial charge in [0.1, 0.15) is 23.9 Å². The number of para-hydroxylation sites is 1. The Kier molecular flexibility index (Phi) is 7.10. The fourth-order valence-corrected chi connectivity index (χ4v) is 4.07. The molecule has 0 unspecified atom stereocenters. The number of hydrogen-bond acceptors (Lipinski definition) is 5. The van der Waals surface area contributed by atoms with Crippen molar-refractivity contribution in [3.05, 3.63) is 95.3 Å². The fourth-order valence-electron chi connectivity index (χ4n) is 4.07. The molecule has 8 heteroatoms. The van der Waals surface area contributed by atoms with E-state index in [0.717, 1.165) is 22.6 Å². The number of halogens is 1. The van der Waals surface area contributed by atoms with Crippen LogP contribution in [0, 0.1) is 5.82 Å². The standard InChI is InChI=1S/C27H26FN3O4/c1-30(27(33)20-8-4-6-10-22(20)28)17-26(32)31-24(21-9-5-7-11-25(21)35-3)16-23(29-31)18-12-14-19(34-2)15-13-18/h4-15,24H,16-17H2,1-3H3/t24-/m0/s1. The lowest BCUT2D eigenvalue weighted by molar-refractivity contribution is -0.133. The Bertz CT molecular complexity index is 1260. The molecule has 3 aromatic rings. The summed E-state index contributed by atoms with van der Waals surface area (Å²) in [6, 6.07) is 20.2. The van der Waals surface area contributed by atoms with E-state index in [0.29, 0.717) is 12.2 Å². The van der Waals surface area contributed by atoms with Gasteiger partial charge < -0.3 is 14.4 Å². The van der Waals surface area contributed by atoms with Crippen LogP contribution in [0.3, 0.4) is 0 Å². The summed E-state index contributed by atoms with van der Waals surface area (Å²) in [5.41, 5.74) is 2.29. The number of likely N-dealkylation sites (N-methyl/N-ethyl adjacent to an activating group) is 1. The Morgan fingerprint density at radius 2 is 1.69 bits per heavy atom. The summed E-state index contributed by atoms with van der Waals surface area (Å²) in [5.74, 6) is -0.253. The van der Waals surface area contributed by atoms with E-state index in [4.69, 9.17) is 9.47 Å². The van der Waals surface area contributed by atoms with Crippen molar-refractivity contribution >= 4 is 17.5 Å². The van der Waals surface area contributed by atoms with E-state index >= 15 is 0 Å². The molecule has 0 N–H and O–H groups in total. The Labute approximate surface area is 203 Å². The van der Waals surface area contributed by atoms with Gasteiger partial charge >= 0.3 is 0 Å². The molecule has 0 saturated heterocycles. The van der Waals surface area contributed by atoms with E-state index in [1.165, 1.54) is 35.2 Å². The second kappa shape index (κ2) is 10.4. The molecule has 3 aromatic carbocycles. The summed E-state index contributed by atoms with van der Waals surface area (Å²) < 4.78 is 24.9. The van der Waals surface area contributed by atoms with E-state index in [1.807, 2.05) is 48.5 Å². The molecule has 2 amide bonds. The first kappa shape index (κ1) is 23.9. The largest absolute Gasteiger partial charge is 0.497 e. The number of carbonyl (C=O) groups excluding carboxylic acids is 2. The van der Waals surface area contributed by atoms with Crippen LogP contribution in [-0.2, 0) is 4.79 Å². The minimum absolute atomic E-state index is 0.0899. The lowest BCUT2D eigenvalue weighted by Gasteiger charge is -2.26. The second-order valence-corrected chi connectivity index (χ2v) is 8.12. The van der Waals surface area contributed by atoms with Crippen molar-refractivity contribution in [2.45, 2.75) is 12.5 Å². The number of ether oxygens (including phenoxy) is 2. The van der Waals surface area contributed by atoms with Gasteiger partial charge in [-0.05, 0) is 48.0 Å². The first-order chi connectivity index (χ1) is 16.9. The van der Waals surface area contributed by atoms with Crippen LogP contribution in [0.4, 0.5) is 4.39 Å².